The lowest BCUT2D eigenvalue weighted by molar-refractivity contribution is 0.661. The molecule has 15 heavy (non-hydrogen) atoms. The topological polar surface area (TPSA) is 55.3 Å². The van der Waals surface area contributed by atoms with Crippen LogP contribution >= 0.6 is 11.6 Å². The van der Waals surface area contributed by atoms with E-state index < -0.39 is 0 Å². The molecule has 4 N–H and O–H groups in total. The number of nitrogens with zero attached hydrogens (tertiary/aromatic N) is 1. The van der Waals surface area contributed by atoms with Crippen LogP contribution in [0, 0.1) is 0 Å². The molecule has 0 aliphatic carbocycles. The number of anilines is 1. The Labute approximate surface area is 96.0 Å². The molecule has 0 aliphatic rings. The van der Waals surface area contributed by atoms with Crippen molar-refractivity contribution in [3.05, 3.63) is 28.8 Å². The lowest BCUT2D eigenvalue weighted by Crippen LogP contribution is -2.16. The van der Waals surface area contributed by atoms with Gasteiger partial charge in [0, 0.05) is 30.8 Å². The summed E-state index contributed by atoms with van der Waals surface area (Å²) in [6.07, 6.45) is 0.751. The molecule has 1 aromatic rings. The lowest BCUT2D eigenvalue weighted by atomic mass is 10.0. The normalized spacial score (nSPS) is 12.6. The van der Waals surface area contributed by atoms with Crippen LogP contribution in [0.5, 0.6) is 0 Å². The number of benzene rings is 1. The monoisotopic (exact) mass is 227 g/mol. The van der Waals surface area contributed by atoms with Crippen LogP contribution in [-0.4, -0.2) is 20.6 Å². The Morgan fingerprint density at radius 2 is 2.07 bits per heavy atom. The minimum Gasteiger partial charge on any atom is -0.378 e. The van der Waals surface area contributed by atoms with Crippen LogP contribution in [0.3, 0.4) is 0 Å². The van der Waals surface area contributed by atoms with Crippen molar-refractivity contribution in [1.29, 1.82) is 0 Å². The van der Waals surface area contributed by atoms with E-state index >= 15 is 0 Å². The van der Waals surface area contributed by atoms with Gasteiger partial charge in [0.15, 0.2) is 0 Å². The van der Waals surface area contributed by atoms with Crippen LogP contribution in [0.1, 0.15) is 18.0 Å². The highest BCUT2D eigenvalue weighted by Crippen LogP contribution is 2.27. The summed E-state index contributed by atoms with van der Waals surface area (Å²) in [5.41, 5.74) is 13.5. The Balaban J connectivity index is 2.92. The maximum atomic E-state index is 6.16. The minimum atomic E-state index is -0.0706. The van der Waals surface area contributed by atoms with Crippen molar-refractivity contribution >= 4 is 17.3 Å². The van der Waals surface area contributed by atoms with Gasteiger partial charge in [-0.1, -0.05) is 17.7 Å². The first-order chi connectivity index (χ1) is 7.06. The summed E-state index contributed by atoms with van der Waals surface area (Å²) < 4.78 is 0. The summed E-state index contributed by atoms with van der Waals surface area (Å²) in [7, 11) is 3.95. The van der Waals surface area contributed by atoms with Gasteiger partial charge >= 0.3 is 0 Å². The Morgan fingerprint density at radius 3 is 2.53 bits per heavy atom. The van der Waals surface area contributed by atoms with E-state index in [1.807, 2.05) is 37.2 Å². The van der Waals surface area contributed by atoms with Crippen LogP contribution < -0.4 is 16.4 Å². The molecular weight excluding hydrogens is 210 g/mol. The molecule has 4 heteroatoms. The molecule has 0 bridgehead atoms. The molecule has 0 fully saturated rings. The molecule has 0 saturated heterocycles. The summed E-state index contributed by atoms with van der Waals surface area (Å²) in [4.78, 5) is 2.00. The van der Waals surface area contributed by atoms with Gasteiger partial charge in [-0.2, -0.15) is 0 Å². The van der Waals surface area contributed by atoms with E-state index in [1.54, 1.807) is 0 Å². The average molecular weight is 228 g/mol. The third-order valence-corrected chi connectivity index (χ3v) is 2.70. The van der Waals surface area contributed by atoms with Gasteiger partial charge < -0.3 is 16.4 Å². The molecule has 0 amide bonds. The van der Waals surface area contributed by atoms with E-state index in [1.165, 1.54) is 0 Å². The SMILES string of the molecule is CN(C)c1ccc([C@@H](N)CCN)c(Cl)c1. The standard InChI is InChI=1S/C11H18ClN3/c1-15(2)8-3-4-9(10(12)7-8)11(14)5-6-13/h3-4,7,11H,5-6,13-14H2,1-2H3/t11-/m0/s1. The highest BCUT2D eigenvalue weighted by molar-refractivity contribution is 6.31. The second-order valence-electron chi connectivity index (χ2n) is 3.78. The zero-order valence-electron chi connectivity index (χ0n) is 9.20. The highest BCUT2D eigenvalue weighted by Gasteiger charge is 2.10. The fraction of sp³-hybridized carbons (Fsp3) is 0.455. The van der Waals surface area contributed by atoms with E-state index in [-0.39, 0.29) is 6.04 Å². The third kappa shape index (κ3) is 3.09. The summed E-state index contributed by atoms with van der Waals surface area (Å²) in [5.74, 6) is 0. The quantitative estimate of drug-likeness (QED) is 0.824. The van der Waals surface area contributed by atoms with Crippen molar-refractivity contribution in [1.82, 2.24) is 0 Å². The second kappa shape index (κ2) is 5.35. The van der Waals surface area contributed by atoms with Gasteiger partial charge in [0.1, 0.15) is 0 Å². The zero-order valence-corrected chi connectivity index (χ0v) is 9.96. The molecule has 0 radical (unpaired) electrons. The molecule has 0 unspecified atom stereocenters. The van der Waals surface area contributed by atoms with Gasteiger partial charge in [-0.15, -0.1) is 0 Å². The first kappa shape index (κ1) is 12.3. The van der Waals surface area contributed by atoms with Crippen molar-refractivity contribution in [3.8, 4) is 0 Å². The molecule has 1 rings (SSSR count). The molecule has 84 valence electrons. The molecular formula is C11H18ClN3. The van der Waals surface area contributed by atoms with Gasteiger partial charge in [0.2, 0.25) is 0 Å². The van der Waals surface area contributed by atoms with Gasteiger partial charge in [-0.25, -0.2) is 0 Å². The van der Waals surface area contributed by atoms with E-state index in [0.717, 1.165) is 17.7 Å². The molecule has 0 saturated carbocycles. The molecule has 1 atom stereocenters. The van der Waals surface area contributed by atoms with Crippen molar-refractivity contribution < 1.29 is 0 Å². The van der Waals surface area contributed by atoms with E-state index in [4.69, 9.17) is 23.1 Å². The number of rotatable bonds is 4. The zero-order chi connectivity index (χ0) is 11.4. The Morgan fingerprint density at radius 1 is 1.40 bits per heavy atom. The van der Waals surface area contributed by atoms with Crippen molar-refractivity contribution in [2.75, 3.05) is 25.5 Å². The van der Waals surface area contributed by atoms with Gasteiger partial charge in [-0.05, 0) is 30.7 Å². The van der Waals surface area contributed by atoms with Gasteiger partial charge in [0.25, 0.3) is 0 Å². The minimum absolute atomic E-state index is 0.0706. The average Bonchev–Trinajstić information content (AvgIpc) is 2.17. The lowest BCUT2D eigenvalue weighted by Gasteiger charge is -2.17. The van der Waals surface area contributed by atoms with Crippen LogP contribution in [0.4, 0.5) is 5.69 Å². The Hall–Kier alpha value is -0.770. The van der Waals surface area contributed by atoms with Gasteiger partial charge in [-0.3, -0.25) is 0 Å². The molecule has 0 aromatic heterocycles. The largest absolute Gasteiger partial charge is 0.378 e. The highest BCUT2D eigenvalue weighted by atomic mass is 35.5. The Bertz CT molecular complexity index is 326. The summed E-state index contributed by atoms with van der Waals surface area (Å²) in [6.45, 7) is 0.576. The predicted octanol–water partition coefficient (Wildman–Crippen LogP) is 1.75. The number of halogens is 1. The molecule has 0 heterocycles. The molecule has 3 nitrogen and oxygen atoms in total. The van der Waals surface area contributed by atoms with Crippen LogP contribution in [0.2, 0.25) is 5.02 Å². The first-order valence-electron chi connectivity index (χ1n) is 4.98. The predicted molar refractivity (Wildman–Crippen MR) is 66.4 cm³/mol. The maximum absolute atomic E-state index is 6.16. The van der Waals surface area contributed by atoms with Gasteiger partial charge in [0.05, 0.1) is 0 Å². The van der Waals surface area contributed by atoms with E-state index in [9.17, 15) is 0 Å². The Kier molecular flexibility index (Phi) is 4.39. The number of nitrogens with two attached hydrogens (primary N) is 2. The van der Waals surface area contributed by atoms with Crippen LogP contribution in [0.15, 0.2) is 18.2 Å². The fourth-order valence-corrected chi connectivity index (χ4v) is 1.74. The second-order valence-corrected chi connectivity index (χ2v) is 4.19. The third-order valence-electron chi connectivity index (χ3n) is 2.38. The molecule has 0 spiro atoms. The fourth-order valence-electron chi connectivity index (χ4n) is 1.43. The summed E-state index contributed by atoms with van der Waals surface area (Å²) >= 11 is 6.16. The van der Waals surface area contributed by atoms with Crippen molar-refractivity contribution in [2.45, 2.75) is 12.5 Å². The first-order valence-corrected chi connectivity index (χ1v) is 5.36. The maximum Gasteiger partial charge on any atom is 0.0474 e. The van der Waals surface area contributed by atoms with Crippen molar-refractivity contribution in [3.63, 3.8) is 0 Å². The number of hydrogen-bond acceptors (Lipinski definition) is 3. The smallest absolute Gasteiger partial charge is 0.0474 e. The molecule has 0 aliphatic heterocycles. The number of hydrogen-bond donors (Lipinski definition) is 2. The molecule has 1 aromatic carbocycles. The van der Waals surface area contributed by atoms with E-state index in [2.05, 4.69) is 0 Å². The summed E-state index contributed by atoms with van der Waals surface area (Å²) in [6, 6.07) is 5.83. The van der Waals surface area contributed by atoms with Crippen molar-refractivity contribution in [2.24, 2.45) is 11.5 Å². The van der Waals surface area contributed by atoms with E-state index in [0.29, 0.717) is 11.6 Å². The van der Waals surface area contributed by atoms with Crippen LogP contribution in [-0.2, 0) is 0 Å². The van der Waals surface area contributed by atoms with Crippen LogP contribution in [0.25, 0.3) is 0 Å². The summed E-state index contributed by atoms with van der Waals surface area (Å²) in [5, 5.41) is 0.710.